The molecular formula is C14H21BrN2O. The maximum atomic E-state index is 11.0. The molecule has 4 heteroatoms. The SMILES string of the molecule is CN(C)N[C@H]1CCCC[C@]1(O)c1ccc(Br)cc1. The fraction of sp³-hybridized carbons (Fsp3) is 0.571. The van der Waals surface area contributed by atoms with Crippen molar-refractivity contribution in [2.45, 2.75) is 37.3 Å². The van der Waals surface area contributed by atoms with Gasteiger partial charge in [0.15, 0.2) is 0 Å². The molecule has 0 spiro atoms. The number of hydrogen-bond acceptors (Lipinski definition) is 3. The highest BCUT2D eigenvalue weighted by atomic mass is 79.9. The van der Waals surface area contributed by atoms with Gasteiger partial charge in [0, 0.05) is 18.6 Å². The van der Waals surface area contributed by atoms with E-state index in [9.17, 15) is 5.11 Å². The normalized spacial score (nSPS) is 28.6. The second kappa shape index (κ2) is 5.70. The fourth-order valence-corrected chi connectivity index (χ4v) is 2.99. The van der Waals surface area contributed by atoms with E-state index in [4.69, 9.17) is 0 Å². The van der Waals surface area contributed by atoms with E-state index in [0.29, 0.717) is 0 Å². The lowest BCUT2D eigenvalue weighted by Crippen LogP contribution is -2.54. The van der Waals surface area contributed by atoms with Crippen LogP contribution >= 0.6 is 15.9 Å². The number of benzene rings is 1. The van der Waals surface area contributed by atoms with Gasteiger partial charge in [0.1, 0.15) is 5.60 Å². The second-order valence-electron chi connectivity index (χ2n) is 5.25. The van der Waals surface area contributed by atoms with E-state index in [1.54, 1.807) is 0 Å². The van der Waals surface area contributed by atoms with Crippen molar-refractivity contribution in [3.05, 3.63) is 34.3 Å². The van der Waals surface area contributed by atoms with Crippen LogP contribution in [-0.2, 0) is 5.60 Å². The first-order valence-corrected chi connectivity index (χ1v) is 7.23. The van der Waals surface area contributed by atoms with Gasteiger partial charge in [-0.15, -0.1) is 0 Å². The van der Waals surface area contributed by atoms with E-state index in [0.717, 1.165) is 29.3 Å². The summed E-state index contributed by atoms with van der Waals surface area (Å²) in [6, 6.07) is 8.10. The first-order valence-electron chi connectivity index (χ1n) is 6.44. The topological polar surface area (TPSA) is 35.5 Å². The molecule has 3 nitrogen and oxygen atoms in total. The van der Waals surface area contributed by atoms with Crippen molar-refractivity contribution in [1.82, 2.24) is 10.4 Å². The number of aliphatic hydroxyl groups is 1. The van der Waals surface area contributed by atoms with E-state index in [-0.39, 0.29) is 6.04 Å². The molecule has 0 bridgehead atoms. The highest BCUT2D eigenvalue weighted by Gasteiger charge is 2.40. The van der Waals surface area contributed by atoms with Crippen LogP contribution in [0.1, 0.15) is 31.2 Å². The number of nitrogens with one attached hydrogen (secondary N) is 1. The maximum absolute atomic E-state index is 11.0. The molecule has 1 saturated carbocycles. The third kappa shape index (κ3) is 2.94. The van der Waals surface area contributed by atoms with Crippen molar-refractivity contribution in [3.63, 3.8) is 0 Å². The van der Waals surface area contributed by atoms with Gasteiger partial charge in [0.05, 0.1) is 6.04 Å². The average Bonchev–Trinajstić information content (AvgIpc) is 2.32. The molecule has 1 aliphatic carbocycles. The third-order valence-corrected chi connectivity index (χ3v) is 4.16. The Morgan fingerprint density at radius 1 is 1.28 bits per heavy atom. The number of nitrogens with zero attached hydrogens (tertiary/aromatic N) is 1. The van der Waals surface area contributed by atoms with Crippen LogP contribution in [0.15, 0.2) is 28.7 Å². The van der Waals surface area contributed by atoms with Gasteiger partial charge in [0.2, 0.25) is 0 Å². The molecule has 2 rings (SSSR count). The van der Waals surface area contributed by atoms with Crippen LogP contribution in [-0.4, -0.2) is 30.3 Å². The highest BCUT2D eigenvalue weighted by Crippen LogP contribution is 2.37. The molecule has 1 aromatic rings. The number of rotatable bonds is 3. The summed E-state index contributed by atoms with van der Waals surface area (Å²) in [6.45, 7) is 0. The Morgan fingerprint density at radius 2 is 1.94 bits per heavy atom. The van der Waals surface area contributed by atoms with E-state index < -0.39 is 5.60 Å². The summed E-state index contributed by atoms with van der Waals surface area (Å²) in [6.07, 6.45) is 4.08. The average molecular weight is 313 g/mol. The monoisotopic (exact) mass is 312 g/mol. The van der Waals surface area contributed by atoms with Crippen molar-refractivity contribution < 1.29 is 5.11 Å². The molecule has 0 unspecified atom stereocenters. The van der Waals surface area contributed by atoms with E-state index >= 15 is 0 Å². The fourth-order valence-electron chi connectivity index (χ4n) is 2.72. The Labute approximate surface area is 117 Å². The van der Waals surface area contributed by atoms with Crippen LogP contribution in [0.4, 0.5) is 0 Å². The zero-order valence-corrected chi connectivity index (χ0v) is 12.6. The van der Waals surface area contributed by atoms with Gasteiger partial charge in [0.25, 0.3) is 0 Å². The molecule has 1 aliphatic rings. The van der Waals surface area contributed by atoms with E-state index in [1.165, 1.54) is 6.42 Å². The standard InChI is InChI=1S/C14H21BrN2O/c1-17(2)16-13-5-3-4-10-14(13,18)11-6-8-12(15)9-7-11/h6-9,13,16,18H,3-5,10H2,1-2H3/t13-,14-/m0/s1. The van der Waals surface area contributed by atoms with Crippen LogP contribution < -0.4 is 5.43 Å². The Bertz CT molecular complexity index is 393. The molecule has 2 N–H and O–H groups in total. The molecule has 100 valence electrons. The zero-order chi connectivity index (χ0) is 13.2. The van der Waals surface area contributed by atoms with Crippen LogP contribution in [0.2, 0.25) is 0 Å². The smallest absolute Gasteiger partial charge is 0.106 e. The Balaban J connectivity index is 2.26. The number of hydrazine groups is 1. The van der Waals surface area contributed by atoms with Gasteiger partial charge < -0.3 is 5.11 Å². The molecule has 0 saturated heterocycles. The van der Waals surface area contributed by atoms with Crippen LogP contribution in [0, 0.1) is 0 Å². The second-order valence-corrected chi connectivity index (χ2v) is 6.17. The lowest BCUT2D eigenvalue weighted by Gasteiger charge is -2.42. The zero-order valence-electron chi connectivity index (χ0n) is 11.0. The minimum absolute atomic E-state index is 0.0856. The molecule has 2 atom stereocenters. The molecule has 0 aliphatic heterocycles. The van der Waals surface area contributed by atoms with Gasteiger partial charge >= 0.3 is 0 Å². The summed E-state index contributed by atoms with van der Waals surface area (Å²) in [4.78, 5) is 0. The van der Waals surface area contributed by atoms with Gasteiger partial charge in [-0.25, -0.2) is 5.43 Å². The van der Waals surface area contributed by atoms with Crippen molar-refractivity contribution in [2.75, 3.05) is 14.1 Å². The summed E-state index contributed by atoms with van der Waals surface area (Å²) in [7, 11) is 3.94. The van der Waals surface area contributed by atoms with E-state index in [1.807, 2.05) is 43.4 Å². The largest absolute Gasteiger partial charge is 0.383 e. The summed E-state index contributed by atoms with van der Waals surface area (Å²) < 4.78 is 1.04. The summed E-state index contributed by atoms with van der Waals surface area (Å²) >= 11 is 3.44. The summed E-state index contributed by atoms with van der Waals surface area (Å²) in [5.74, 6) is 0. The summed E-state index contributed by atoms with van der Waals surface area (Å²) in [5, 5.41) is 13.0. The third-order valence-electron chi connectivity index (χ3n) is 3.64. The molecule has 0 amide bonds. The quantitative estimate of drug-likeness (QED) is 0.842. The van der Waals surface area contributed by atoms with Crippen LogP contribution in [0.5, 0.6) is 0 Å². The number of hydrogen-bond donors (Lipinski definition) is 2. The van der Waals surface area contributed by atoms with Crippen LogP contribution in [0.25, 0.3) is 0 Å². The first-order chi connectivity index (χ1) is 8.52. The predicted octanol–water partition coefficient (Wildman–Crippen LogP) is 2.65. The molecule has 0 heterocycles. The minimum Gasteiger partial charge on any atom is -0.383 e. The molecular weight excluding hydrogens is 292 g/mol. The lowest BCUT2D eigenvalue weighted by atomic mass is 9.76. The van der Waals surface area contributed by atoms with Gasteiger partial charge in [-0.3, -0.25) is 5.01 Å². The van der Waals surface area contributed by atoms with Crippen molar-refractivity contribution >= 4 is 15.9 Å². The lowest BCUT2D eigenvalue weighted by molar-refractivity contribution is -0.0515. The molecule has 18 heavy (non-hydrogen) atoms. The molecule has 1 aromatic carbocycles. The molecule has 1 fully saturated rings. The number of halogens is 1. The molecule has 0 radical (unpaired) electrons. The molecule has 0 aromatic heterocycles. The van der Waals surface area contributed by atoms with Gasteiger partial charge in [-0.2, -0.15) is 0 Å². The Kier molecular flexibility index (Phi) is 4.43. The maximum Gasteiger partial charge on any atom is 0.106 e. The van der Waals surface area contributed by atoms with Gasteiger partial charge in [-0.1, -0.05) is 40.9 Å². The predicted molar refractivity (Wildman–Crippen MR) is 77.1 cm³/mol. The first kappa shape index (κ1) is 14.0. The van der Waals surface area contributed by atoms with Crippen molar-refractivity contribution in [1.29, 1.82) is 0 Å². The van der Waals surface area contributed by atoms with Crippen molar-refractivity contribution in [2.24, 2.45) is 0 Å². The van der Waals surface area contributed by atoms with Crippen LogP contribution in [0.3, 0.4) is 0 Å². The Morgan fingerprint density at radius 3 is 2.56 bits per heavy atom. The highest BCUT2D eigenvalue weighted by molar-refractivity contribution is 9.10. The van der Waals surface area contributed by atoms with E-state index in [2.05, 4.69) is 21.4 Å². The van der Waals surface area contributed by atoms with Gasteiger partial charge in [-0.05, 0) is 30.5 Å². The van der Waals surface area contributed by atoms with Crippen molar-refractivity contribution in [3.8, 4) is 0 Å². The Hall–Kier alpha value is -0.420. The minimum atomic E-state index is -0.761. The summed E-state index contributed by atoms with van der Waals surface area (Å²) in [5.41, 5.74) is 3.60.